The van der Waals surface area contributed by atoms with Crippen LogP contribution < -0.4 is 10.6 Å². The molecule has 0 heterocycles. The van der Waals surface area contributed by atoms with Gasteiger partial charge in [-0.25, -0.2) is 0 Å². The molecule has 138 valence electrons. The lowest BCUT2D eigenvalue weighted by Crippen LogP contribution is -2.39. The molecule has 6 heteroatoms. The minimum atomic E-state index is 0. The summed E-state index contributed by atoms with van der Waals surface area (Å²) in [5, 5.41) is 6.54. The quantitative estimate of drug-likeness (QED) is 0.223. The number of nitrogens with one attached hydrogen (secondary N) is 2. The van der Waals surface area contributed by atoms with Crippen LogP contribution in [0.25, 0.3) is 0 Å². The lowest BCUT2D eigenvalue weighted by Gasteiger charge is -2.11. The third-order valence-corrected chi connectivity index (χ3v) is 3.17. The molecule has 24 heavy (non-hydrogen) atoms. The third kappa shape index (κ3) is 12.5. The van der Waals surface area contributed by atoms with Gasteiger partial charge in [0.25, 0.3) is 0 Å². The zero-order chi connectivity index (χ0) is 16.6. The monoisotopic (exact) mass is 449 g/mol. The van der Waals surface area contributed by atoms with E-state index in [-0.39, 0.29) is 24.0 Å². The first-order chi connectivity index (χ1) is 11.4. The fraction of sp³-hybridized carbons (Fsp3) is 0.611. The Balaban J connectivity index is 0.00000529. The molecule has 5 nitrogen and oxygen atoms in total. The molecule has 1 rings (SSSR count). The van der Waals surface area contributed by atoms with E-state index in [0.717, 1.165) is 51.6 Å². The second kappa shape index (κ2) is 17.0. The lowest BCUT2D eigenvalue weighted by molar-refractivity contribution is 0.125. The van der Waals surface area contributed by atoms with Gasteiger partial charge in [-0.3, -0.25) is 4.99 Å². The van der Waals surface area contributed by atoms with Gasteiger partial charge in [0.05, 0.1) is 13.2 Å². The van der Waals surface area contributed by atoms with E-state index in [1.807, 2.05) is 25.1 Å². The van der Waals surface area contributed by atoms with Crippen molar-refractivity contribution in [1.29, 1.82) is 0 Å². The highest BCUT2D eigenvalue weighted by Gasteiger charge is 1.97. The normalized spacial score (nSPS) is 11.0. The molecule has 0 atom stereocenters. The van der Waals surface area contributed by atoms with Gasteiger partial charge in [0.15, 0.2) is 5.96 Å². The standard InChI is InChI=1S/C18H31N3O2.HI/c1-3-19-18(20-12-8-9-14-22-4-2)21-13-15-23-16-17-10-6-5-7-11-17;/h5-7,10-11H,3-4,8-9,12-16H2,1-2H3,(H2,19,20,21);1H. The Morgan fingerprint density at radius 2 is 1.79 bits per heavy atom. The summed E-state index contributed by atoms with van der Waals surface area (Å²) in [5.74, 6) is 0.854. The molecule has 0 bridgehead atoms. The van der Waals surface area contributed by atoms with Crippen LogP contribution in [0.5, 0.6) is 0 Å². The van der Waals surface area contributed by atoms with Gasteiger partial charge in [-0.1, -0.05) is 30.3 Å². The zero-order valence-electron chi connectivity index (χ0n) is 14.9. The summed E-state index contributed by atoms with van der Waals surface area (Å²) in [6, 6.07) is 10.2. The predicted octanol–water partition coefficient (Wildman–Crippen LogP) is 3.19. The smallest absolute Gasteiger partial charge is 0.191 e. The van der Waals surface area contributed by atoms with E-state index in [4.69, 9.17) is 9.47 Å². The van der Waals surface area contributed by atoms with Crippen LogP contribution in [0, 0.1) is 0 Å². The fourth-order valence-electron chi connectivity index (χ4n) is 2.00. The van der Waals surface area contributed by atoms with Crippen LogP contribution in [-0.4, -0.2) is 45.4 Å². The summed E-state index contributed by atoms with van der Waals surface area (Å²) in [4.78, 5) is 4.55. The Hall–Kier alpha value is -0.860. The number of hydrogen-bond acceptors (Lipinski definition) is 3. The Kier molecular flexibility index (Phi) is 16.4. The van der Waals surface area contributed by atoms with Crippen molar-refractivity contribution in [3.05, 3.63) is 35.9 Å². The Labute approximate surface area is 163 Å². The molecule has 0 aromatic heterocycles. The number of unbranched alkanes of at least 4 members (excludes halogenated alkanes) is 1. The molecule has 0 spiro atoms. The van der Waals surface area contributed by atoms with Crippen molar-refractivity contribution in [2.24, 2.45) is 4.99 Å². The number of hydrogen-bond donors (Lipinski definition) is 2. The topological polar surface area (TPSA) is 54.9 Å². The molecule has 1 aromatic carbocycles. The molecular formula is C18H32IN3O2. The van der Waals surface area contributed by atoms with Gasteiger partial charge in [0.1, 0.15) is 0 Å². The summed E-state index contributed by atoms with van der Waals surface area (Å²) < 4.78 is 11.0. The molecule has 0 unspecified atom stereocenters. The molecule has 0 fully saturated rings. The third-order valence-electron chi connectivity index (χ3n) is 3.17. The summed E-state index contributed by atoms with van der Waals surface area (Å²) in [6.45, 7) is 9.42. The average Bonchev–Trinajstić information content (AvgIpc) is 2.58. The molecule has 0 aliphatic carbocycles. The van der Waals surface area contributed by atoms with Crippen molar-refractivity contribution < 1.29 is 9.47 Å². The molecule has 0 aliphatic heterocycles. The van der Waals surface area contributed by atoms with Crippen molar-refractivity contribution in [1.82, 2.24) is 10.6 Å². The van der Waals surface area contributed by atoms with Crippen LogP contribution in [0.4, 0.5) is 0 Å². The van der Waals surface area contributed by atoms with Crippen molar-refractivity contribution in [2.45, 2.75) is 33.3 Å². The van der Waals surface area contributed by atoms with Gasteiger partial charge < -0.3 is 20.1 Å². The average molecular weight is 449 g/mol. The molecular weight excluding hydrogens is 417 g/mol. The van der Waals surface area contributed by atoms with E-state index in [2.05, 4.69) is 34.7 Å². The Morgan fingerprint density at radius 1 is 1.00 bits per heavy atom. The maximum absolute atomic E-state index is 5.66. The fourth-order valence-corrected chi connectivity index (χ4v) is 2.00. The highest BCUT2D eigenvalue weighted by molar-refractivity contribution is 14.0. The largest absolute Gasteiger partial charge is 0.382 e. The molecule has 2 N–H and O–H groups in total. The minimum Gasteiger partial charge on any atom is -0.382 e. The van der Waals surface area contributed by atoms with Crippen LogP contribution in [0.3, 0.4) is 0 Å². The van der Waals surface area contributed by atoms with Crippen LogP contribution in [-0.2, 0) is 16.1 Å². The van der Waals surface area contributed by atoms with Gasteiger partial charge in [0, 0.05) is 32.8 Å². The van der Waals surface area contributed by atoms with Crippen molar-refractivity contribution in [2.75, 3.05) is 39.5 Å². The van der Waals surface area contributed by atoms with E-state index in [9.17, 15) is 0 Å². The minimum absolute atomic E-state index is 0. The number of aliphatic imine (C=N–C) groups is 1. The molecule has 1 aromatic rings. The van der Waals surface area contributed by atoms with Gasteiger partial charge in [-0.2, -0.15) is 0 Å². The van der Waals surface area contributed by atoms with Gasteiger partial charge in [-0.05, 0) is 32.3 Å². The molecule has 0 saturated heterocycles. The second-order valence-corrected chi connectivity index (χ2v) is 5.13. The van der Waals surface area contributed by atoms with Crippen LogP contribution in [0.1, 0.15) is 32.3 Å². The van der Waals surface area contributed by atoms with Crippen LogP contribution in [0.2, 0.25) is 0 Å². The number of nitrogens with zero attached hydrogens (tertiary/aromatic N) is 1. The van der Waals surface area contributed by atoms with E-state index < -0.39 is 0 Å². The van der Waals surface area contributed by atoms with Crippen molar-refractivity contribution >= 4 is 29.9 Å². The first-order valence-corrected chi connectivity index (χ1v) is 8.58. The first kappa shape index (κ1) is 23.1. The van der Waals surface area contributed by atoms with Gasteiger partial charge >= 0.3 is 0 Å². The van der Waals surface area contributed by atoms with Crippen LogP contribution in [0.15, 0.2) is 35.3 Å². The van der Waals surface area contributed by atoms with Crippen LogP contribution >= 0.6 is 24.0 Å². The van der Waals surface area contributed by atoms with Crippen molar-refractivity contribution in [3.63, 3.8) is 0 Å². The number of benzene rings is 1. The molecule has 0 radical (unpaired) electrons. The van der Waals surface area contributed by atoms with E-state index >= 15 is 0 Å². The van der Waals surface area contributed by atoms with Crippen molar-refractivity contribution in [3.8, 4) is 0 Å². The van der Waals surface area contributed by atoms with E-state index in [1.165, 1.54) is 5.56 Å². The molecule has 0 saturated carbocycles. The zero-order valence-corrected chi connectivity index (χ0v) is 17.3. The maximum atomic E-state index is 5.66. The summed E-state index contributed by atoms with van der Waals surface area (Å²) in [5.41, 5.74) is 1.20. The molecule has 0 amide bonds. The summed E-state index contributed by atoms with van der Waals surface area (Å²) >= 11 is 0. The SMILES string of the molecule is CCNC(=NCCCCOCC)NCCOCc1ccccc1.I. The Morgan fingerprint density at radius 3 is 2.50 bits per heavy atom. The van der Waals surface area contributed by atoms with Gasteiger partial charge in [0.2, 0.25) is 0 Å². The number of halogens is 1. The summed E-state index contributed by atoms with van der Waals surface area (Å²) in [7, 11) is 0. The summed E-state index contributed by atoms with van der Waals surface area (Å²) in [6.07, 6.45) is 2.10. The molecule has 0 aliphatic rings. The Bertz CT molecular complexity index is 416. The highest BCUT2D eigenvalue weighted by Crippen LogP contribution is 1.99. The highest BCUT2D eigenvalue weighted by atomic mass is 127. The van der Waals surface area contributed by atoms with E-state index in [1.54, 1.807) is 0 Å². The van der Waals surface area contributed by atoms with Gasteiger partial charge in [-0.15, -0.1) is 24.0 Å². The lowest BCUT2D eigenvalue weighted by atomic mass is 10.2. The number of ether oxygens (including phenoxy) is 2. The second-order valence-electron chi connectivity index (χ2n) is 5.13. The van der Waals surface area contributed by atoms with E-state index in [0.29, 0.717) is 13.2 Å². The number of guanidine groups is 1. The predicted molar refractivity (Wildman–Crippen MR) is 111 cm³/mol. The number of rotatable bonds is 12. The first-order valence-electron chi connectivity index (χ1n) is 8.58. The maximum Gasteiger partial charge on any atom is 0.191 e.